The van der Waals surface area contributed by atoms with Crippen molar-refractivity contribution in [1.82, 2.24) is 15.1 Å². The highest BCUT2D eigenvalue weighted by atomic mass is 15.2. The molecule has 2 heterocycles. The molecule has 0 saturated carbocycles. The van der Waals surface area contributed by atoms with Crippen molar-refractivity contribution in [1.29, 1.82) is 5.26 Å². The van der Waals surface area contributed by atoms with Crippen molar-refractivity contribution < 1.29 is 0 Å². The minimum atomic E-state index is 0.343. The van der Waals surface area contributed by atoms with Crippen LogP contribution in [0.5, 0.6) is 0 Å². The average Bonchev–Trinajstić information content (AvgIpc) is 2.88. The van der Waals surface area contributed by atoms with Gasteiger partial charge < -0.3 is 5.32 Å². The molecule has 0 bridgehead atoms. The van der Waals surface area contributed by atoms with E-state index in [0.29, 0.717) is 17.7 Å². The zero-order valence-corrected chi connectivity index (χ0v) is 12.6. The molecule has 1 saturated heterocycles. The van der Waals surface area contributed by atoms with Crippen LogP contribution in [0.4, 0.5) is 5.82 Å². The SMILES string of the molecule is CC1CN(Cc2ccccc2)CC1Nc1ccc(C#N)nn1. The zero-order valence-electron chi connectivity index (χ0n) is 12.6. The topological polar surface area (TPSA) is 64.8 Å². The van der Waals surface area contributed by atoms with E-state index in [4.69, 9.17) is 5.26 Å². The fourth-order valence-electron chi connectivity index (χ4n) is 2.88. The summed E-state index contributed by atoms with van der Waals surface area (Å²) in [5.41, 5.74) is 1.68. The largest absolute Gasteiger partial charge is 0.364 e. The Labute approximate surface area is 130 Å². The molecular weight excluding hydrogens is 274 g/mol. The number of nitriles is 1. The number of nitrogens with zero attached hydrogens (tertiary/aromatic N) is 4. The van der Waals surface area contributed by atoms with E-state index in [1.165, 1.54) is 5.56 Å². The smallest absolute Gasteiger partial charge is 0.163 e. The number of benzene rings is 1. The lowest BCUT2D eigenvalue weighted by atomic mass is 10.1. The third-order valence-electron chi connectivity index (χ3n) is 4.05. The number of likely N-dealkylation sites (tertiary alicyclic amines) is 1. The lowest BCUT2D eigenvalue weighted by molar-refractivity contribution is 0.319. The van der Waals surface area contributed by atoms with Crippen LogP contribution < -0.4 is 5.32 Å². The second-order valence-corrected chi connectivity index (χ2v) is 5.82. The molecule has 2 aromatic rings. The molecule has 2 unspecified atom stereocenters. The van der Waals surface area contributed by atoms with Gasteiger partial charge in [-0.1, -0.05) is 37.3 Å². The molecule has 1 aliphatic heterocycles. The zero-order chi connectivity index (χ0) is 15.4. The van der Waals surface area contributed by atoms with E-state index in [9.17, 15) is 0 Å². The Morgan fingerprint density at radius 2 is 2.00 bits per heavy atom. The molecule has 5 nitrogen and oxygen atoms in total. The lowest BCUT2D eigenvalue weighted by Gasteiger charge is -2.17. The van der Waals surface area contributed by atoms with Crippen LogP contribution in [0, 0.1) is 17.2 Å². The van der Waals surface area contributed by atoms with Crippen molar-refractivity contribution in [3.05, 3.63) is 53.7 Å². The maximum absolute atomic E-state index is 8.75. The predicted molar refractivity (Wildman–Crippen MR) is 85.0 cm³/mol. The summed E-state index contributed by atoms with van der Waals surface area (Å²) in [5.74, 6) is 1.28. The summed E-state index contributed by atoms with van der Waals surface area (Å²) in [6, 6.07) is 16.4. The Morgan fingerprint density at radius 1 is 1.18 bits per heavy atom. The number of rotatable bonds is 4. The van der Waals surface area contributed by atoms with Crippen molar-refractivity contribution in [3.8, 4) is 6.07 Å². The molecule has 1 aliphatic rings. The minimum absolute atomic E-state index is 0.343. The standard InChI is InChI=1S/C17H19N5/c1-13-10-22(11-14-5-3-2-4-6-14)12-16(13)19-17-8-7-15(9-18)20-21-17/h2-8,13,16H,10-12H2,1H3,(H,19,21). The van der Waals surface area contributed by atoms with E-state index in [1.807, 2.05) is 18.2 Å². The Hall–Kier alpha value is -2.45. The molecule has 3 rings (SSSR count). The van der Waals surface area contributed by atoms with Gasteiger partial charge in [-0.05, 0) is 23.6 Å². The lowest BCUT2D eigenvalue weighted by Crippen LogP contribution is -2.28. The first-order valence-electron chi connectivity index (χ1n) is 7.51. The Morgan fingerprint density at radius 3 is 2.68 bits per heavy atom. The van der Waals surface area contributed by atoms with E-state index in [2.05, 4.69) is 51.6 Å². The van der Waals surface area contributed by atoms with E-state index in [0.717, 1.165) is 25.5 Å². The summed E-state index contributed by atoms with van der Waals surface area (Å²) in [6.07, 6.45) is 0. The molecule has 0 aliphatic carbocycles. The van der Waals surface area contributed by atoms with Gasteiger partial charge in [-0.15, -0.1) is 10.2 Å². The van der Waals surface area contributed by atoms with E-state index in [1.54, 1.807) is 6.07 Å². The fraction of sp³-hybridized carbons (Fsp3) is 0.353. The van der Waals surface area contributed by atoms with Crippen LogP contribution in [0.15, 0.2) is 42.5 Å². The summed E-state index contributed by atoms with van der Waals surface area (Å²) < 4.78 is 0. The second kappa shape index (κ2) is 6.54. The second-order valence-electron chi connectivity index (χ2n) is 5.82. The van der Waals surface area contributed by atoms with Gasteiger partial charge >= 0.3 is 0 Å². The van der Waals surface area contributed by atoms with Crippen molar-refractivity contribution in [3.63, 3.8) is 0 Å². The van der Waals surface area contributed by atoms with Crippen LogP contribution in [0.3, 0.4) is 0 Å². The van der Waals surface area contributed by atoms with Gasteiger partial charge in [-0.2, -0.15) is 5.26 Å². The van der Waals surface area contributed by atoms with Crippen molar-refractivity contribution in [2.45, 2.75) is 19.5 Å². The molecule has 112 valence electrons. The quantitative estimate of drug-likeness (QED) is 0.937. The third-order valence-corrected chi connectivity index (χ3v) is 4.05. The van der Waals surface area contributed by atoms with Crippen LogP contribution in [-0.4, -0.2) is 34.2 Å². The molecule has 1 fully saturated rings. The fourth-order valence-corrected chi connectivity index (χ4v) is 2.88. The normalized spacial score (nSPS) is 21.5. The molecule has 0 spiro atoms. The molecule has 2 atom stereocenters. The summed E-state index contributed by atoms with van der Waals surface area (Å²) in [7, 11) is 0. The number of anilines is 1. The van der Waals surface area contributed by atoms with Gasteiger partial charge in [0, 0.05) is 25.7 Å². The number of hydrogen-bond donors (Lipinski definition) is 1. The van der Waals surface area contributed by atoms with Crippen LogP contribution in [-0.2, 0) is 6.54 Å². The van der Waals surface area contributed by atoms with Gasteiger partial charge in [0.2, 0.25) is 0 Å². The van der Waals surface area contributed by atoms with E-state index < -0.39 is 0 Å². The highest BCUT2D eigenvalue weighted by Crippen LogP contribution is 2.21. The highest BCUT2D eigenvalue weighted by molar-refractivity contribution is 5.37. The average molecular weight is 293 g/mol. The van der Waals surface area contributed by atoms with Crippen molar-refractivity contribution in [2.24, 2.45) is 5.92 Å². The molecule has 1 N–H and O–H groups in total. The maximum Gasteiger partial charge on any atom is 0.163 e. The van der Waals surface area contributed by atoms with Crippen molar-refractivity contribution >= 4 is 5.82 Å². The number of nitrogens with one attached hydrogen (secondary N) is 1. The monoisotopic (exact) mass is 293 g/mol. The number of hydrogen-bond acceptors (Lipinski definition) is 5. The summed E-state index contributed by atoms with van der Waals surface area (Å²) in [5, 5.41) is 20.1. The summed E-state index contributed by atoms with van der Waals surface area (Å²) in [6.45, 7) is 5.27. The Kier molecular flexibility index (Phi) is 4.31. The summed E-state index contributed by atoms with van der Waals surface area (Å²) in [4.78, 5) is 2.45. The molecule has 0 radical (unpaired) electrons. The molecule has 1 aromatic heterocycles. The van der Waals surface area contributed by atoms with Crippen LogP contribution >= 0.6 is 0 Å². The third kappa shape index (κ3) is 3.41. The summed E-state index contributed by atoms with van der Waals surface area (Å²) >= 11 is 0. The van der Waals surface area contributed by atoms with E-state index in [-0.39, 0.29) is 0 Å². The Balaban J connectivity index is 1.59. The van der Waals surface area contributed by atoms with Gasteiger partial charge in [0.1, 0.15) is 11.9 Å². The first-order chi connectivity index (χ1) is 10.7. The molecule has 5 heteroatoms. The van der Waals surface area contributed by atoms with Gasteiger partial charge in [0.15, 0.2) is 5.69 Å². The molecular formula is C17H19N5. The van der Waals surface area contributed by atoms with Crippen LogP contribution in [0.1, 0.15) is 18.2 Å². The van der Waals surface area contributed by atoms with Gasteiger partial charge in [0.25, 0.3) is 0 Å². The first-order valence-corrected chi connectivity index (χ1v) is 7.51. The van der Waals surface area contributed by atoms with Gasteiger partial charge in [-0.25, -0.2) is 0 Å². The van der Waals surface area contributed by atoms with Gasteiger partial charge in [0.05, 0.1) is 0 Å². The van der Waals surface area contributed by atoms with Crippen molar-refractivity contribution in [2.75, 3.05) is 18.4 Å². The Bertz CT molecular complexity index is 647. The van der Waals surface area contributed by atoms with E-state index >= 15 is 0 Å². The van der Waals surface area contributed by atoms with Crippen LogP contribution in [0.25, 0.3) is 0 Å². The number of aromatic nitrogens is 2. The minimum Gasteiger partial charge on any atom is -0.364 e. The van der Waals surface area contributed by atoms with Gasteiger partial charge in [-0.3, -0.25) is 4.90 Å². The molecule has 0 amide bonds. The first kappa shape index (κ1) is 14.5. The predicted octanol–water partition coefficient (Wildman–Crippen LogP) is 2.28. The molecule has 22 heavy (non-hydrogen) atoms. The highest BCUT2D eigenvalue weighted by Gasteiger charge is 2.29. The maximum atomic E-state index is 8.75. The van der Waals surface area contributed by atoms with Crippen LogP contribution in [0.2, 0.25) is 0 Å². The molecule has 1 aromatic carbocycles.